The molecule has 1 aromatic carbocycles. The van der Waals surface area contributed by atoms with E-state index in [1.807, 2.05) is 0 Å². The van der Waals surface area contributed by atoms with Crippen LogP contribution in [0.2, 0.25) is 0 Å². The lowest BCUT2D eigenvalue weighted by Crippen LogP contribution is -2.28. The van der Waals surface area contributed by atoms with Gasteiger partial charge in [0.1, 0.15) is 5.82 Å². The van der Waals surface area contributed by atoms with E-state index in [4.69, 9.17) is 9.76 Å². The molecule has 2 N–H and O–H groups in total. The molecule has 1 heterocycles. The van der Waals surface area contributed by atoms with Crippen LogP contribution in [0.25, 0.3) is 0 Å². The average Bonchev–Trinajstić information content (AvgIpc) is 2.48. The highest BCUT2D eigenvalue weighted by Crippen LogP contribution is 2.17. The molecule has 0 radical (unpaired) electrons. The summed E-state index contributed by atoms with van der Waals surface area (Å²) in [6.07, 6.45) is 0. The Morgan fingerprint density at radius 3 is 3.00 bits per heavy atom. The molecule has 2 rings (SSSR count). The van der Waals surface area contributed by atoms with Crippen molar-refractivity contribution in [3.63, 3.8) is 0 Å². The normalized spacial score (nSPS) is 14.8. The van der Waals surface area contributed by atoms with E-state index in [9.17, 15) is 9.41 Å². The maximum atomic E-state index is 13.1. The molecule has 0 fully saturated rings. The Bertz CT molecular complexity index is 342. The lowest BCUT2D eigenvalue weighted by molar-refractivity contribution is 0.258. The van der Waals surface area contributed by atoms with Crippen LogP contribution in [0.1, 0.15) is 11.1 Å². The number of fused-ring (bicyclic) bond motifs is 1. The lowest BCUT2D eigenvalue weighted by Gasteiger charge is -2.05. The summed E-state index contributed by atoms with van der Waals surface area (Å²) >= 11 is 0. The highest BCUT2D eigenvalue weighted by molar-refractivity contribution is 6.61. The van der Waals surface area contributed by atoms with E-state index in [-0.39, 0.29) is 18.8 Å². The van der Waals surface area contributed by atoms with Gasteiger partial charge in [-0.2, -0.15) is 0 Å². The topological polar surface area (TPSA) is 49.7 Å². The van der Waals surface area contributed by atoms with E-state index in [1.165, 1.54) is 12.1 Å². The molecule has 1 aliphatic heterocycles. The molecule has 0 unspecified atom stereocenters. The van der Waals surface area contributed by atoms with Crippen LogP contribution in [0.4, 0.5) is 4.39 Å². The van der Waals surface area contributed by atoms with Crippen LogP contribution in [-0.4, -0.2) is 17.2 Å². The third kappa shape index (κ3) is 1.25. The summed E-state index contributed by atoms with van der Waals surface area (Å²) in [6.45, 7) is -0.213. The first-order chi connectivity index (χ1) is 6.24. The van der Waals surface area contributed by atoms with E-state index < -0.39 is 12.9 Å². The number of halogens is 1. The first kappa shape index (κ1) is 8.68. The Morgan fingerprint density at radius 1 is 1.54 bits per heavy atom. The van der Waals surface area contributed by atoms with Crippen molar-refractivity contribution >= 4 is 12.6 Å². The molecular weight excluding hydrogens is 174 g/mol. The van der Waals surface area contributed by atoms with Crippen molar-refractivity contribution in [3.05, 3.63) is 29.1 Å². The summed E-state index contributed by atoms with van der Waals surface area (Å²) in [4.78, 5) is 0. The van der Waals surface area contributed by atoms with Gasteiger partial charge in [-0.25, -0.2) is 4.39 Å². The molecule has 13 heavy (non-hydrogen) atoms. The van der Waals surface area contributed by atoms with E-state index >= 15 is 0 Å². The molecule has 0 saturated carbocycles. The van der Waals surface area contributed by atoms with Gasteiger partial charge in [0.05, 0.1) is 13.2 Å². The SMILES string of the molecule is OCc1c(F)ccc2c1COB2O. The zero-order chi connectivity index (χ0) is 9.42. The Kier molecular flexibility index (Phi) is 2.07. The number of rotatable bonds is 1. The van der Waals surface area contributed by atoms with Gasteiger partial charge in [0, 0.05) is 5.56 Å². The minimum absolute atomic E-state index is 0.157. The van der Waals surface area contributed by atoms with Crippen LogP contribution in [0, 0.1) is 5.82 Å². The molecule has 0 atom stereocenters. The van der Waals surface area contributed by atoms with Crippen molar-refractivity contribution in [3.8, 4) is 0 Å². The predicted octanol–water partition coefficient (Wildman–Crippen LogP) is -0.464. The van der Waals surface area contributed by atoms with Crippen molar-refractivity contribution in [1.29, 1.82) is 0 Å². The third-order valence-electron chi connectivity index (χ3n) is 2.22. The van der Waals surface area contributed by atoms with Gasteiger partial charge in [0.15, 0.2) is 0 Å². The van der Waals surface area contributed by atoms with Crippen molar-refractivity contribution in [1.82, 2.24) is 0 Å². The predicted molar refractivity (Wildman–Crippen MR) is 44.7 cm³/mol. The van der Waals surface area contributed by atoms with Gasteiger partial charge in [-0.15, -0.1) is 0 Å². The maximum absolute atomic E-state index is 13.1. The largest absolute Gasteiger partial charge is 0.491 e. The third-order valence-corrected chi connectivity index (χ3v) is 2.22. The smallest absolute Gasteiger partial charge is 0.423 e. The van der Waals surface area contributed by atoms with Gasteiger partial charge in [0.2, 0.25) is 0 Å². The van der Waals surface area contributed by atoms with E-state index in [2.05, 4.69) is 0 Å². The van der Waals surface area contributed by atoms with Gasteiger partial charge in [-0.3, -0.25) is 0 Å². The summed E-state index contributed by atoms with van der Waals surface area (Å²) in [6, 6.07) is 2.70. The molecule has 0 amide bonds. The molecule has 0 bridgehead atoms. The fourth-order valence-corrected chi connectivity index (χ4v) is 1.51. The van der Waals surface area contributed by atoms with Gasteiger partial charge >= 0.3 is 7.12 Å². The molecule has 1 aromatic rings. The molecule has 0 spiro atoms. The zero-order valence-electron chi connectivity index (χ0n) is 6.83. The molecule has 1 aliphatic rings. The summed E-state index contributed by atoms with van der Waals surface area (Å²) in [5, 5.41) is 18.2. The van der Waals surface area contributed by atoms with Crippen molar-refractivity contribution in [2.24, 2.45) is 0 Å². The first-order valence-electron chi connectivity index (χ1n) is 3.94. The van der Waals surface area contributed by atoms with E-state index in [1.54, 1.807) is 0 Å². The fourth-order valence-electron chi connectivity index (χ4n) is 1.51. The molecular formula is C8H8BFO3. The Labute approximate surface area is 74.9 Å². The summed E-state index contributed by atoms with van der Waals surface area (Å²) in [7, 11) is -0.985. The van der Waals surface area contributed by atoms with Crippen molar-refractivity contribution < 1.29 is 19.2 Å². The molecule has 0 aromatic heterocycles. The van der Waals surface area contributed by atoms with Crippen molar-refractivity contribution in [2.45, 2.75) is 13.2 Å². The highest BCUT2D eigenvalue weighted by atomic mass is 19.1. The fraction of sp³-hybridized carbons (Fsp3) is 0.250. The van der Waals surface area contributed by atoms with Gasteiger partial charge in [0.25, 0.3) is 0 Å². The quantitative estimate of drug-likeness (QED) is 0.577. The van der Waals surface area contributed by atoms with Crippen molar-refractivity contribution in [2.75, 3.05) is 0 Å². The number of hydrogen-bond acceptors (Lipinski definition) is 3. The van der Waals surface area contributed by atoms with Crippen LogP contribution < -0.4 is 5.46 Å². The Morgan fingerprint density at radius 2 is 2.31 bits per heavy atom. The highest BCUT2D eigenvalue weighted by Gasteiger charge is 2.29. The van der Waals surface area contributed by atoms with Crippen LogP contribution in [0.3, 0.4) is 0 Å². The standard InChI is InChI=1S/C8H8BFO3/c10-8-2-1-7-6(5(8)3-11)4-13-9(7)12/h1-2,11-12H,3-4H2. The Balaban J connectivity index is 2.57. The zero-order valence-corrected chi connectivity index (χ0v) is 6.83. The second kappa shape index (κ2) is 3.10. The first-order valence-corrected chi connectivity index (χ1v) is 3.94. The summed E-state index contributed by atoms with van der Waals surface area (Å²) < 4.78 is 18.0. The maximum Gasteiger partial charge on any atom is 0.491 e. The summed E-state index contributed by atoms with van der Waals surface area (Å²) in [5.74, 6) is -0.459. The minimum Gasteiger partial charge on any atom is -0.423 e. The monoisotopic (exact) mass is 182 g/mol. The van der Waals surface area contributed by atoms with Gasteiger partial charge in [-0.05, 0) is 17.1 Å². The number of aliphatic hydroxyl groups excluding tert-OH is 1. The Hall–Kier alpha value is -0.905. The van der Waals surface area contributed by atoms with Crippen LogP contribution >= 0.6 is 0 Å². The number of aliphatic hydroxyl groups is 1. The molecule has 3 nitrogen and oxygen atoms in total. The minimum atomic E-state index is -0.985. The molecule has 0 aliphatic carbocycles. The molecule has 0 saturated heterocycles. The van der Waals surface area contributed by atoms with Crippen LogP contribution in [0.5, 0.6) is 0 Å². The summed E-state index contributed by atoms with van der Waals surface area (Å²) in [5.41, 5.74) is 1.33. The molecule has 68 valence electrons. The van der Waals surface area contributed by atoms with E-state index in [0.29, 0.717) is 11.0 Å². The molecule has 5 heteroatoms. The average molecular weight is 182 g/mol. The second-order valence-corrected chi connectivity index (χ2v) is 2.92. The van der Waals surface area contributed by atoms with Gasteiger partial charge < -0.3 is 14.8 Å². The lowest BCUT2D eigenvalue weighted by atomic mass is 9.78. The van der Waals surface area contributed by atoms with Crippen LogP contribution in [-0.2, 0) is 17.9 Å². The second-order valence-electron chi connectivity index (χ2n) is 2.92. The van der Waals surface area contributed by atoms with Crippen LogP contribution in [0.15, 0.2) is 12.1 Å². The number of benzene rings is 1. The van der Waals surface area contributed by atoms with Gasteiger partial charge in [-0.1, -0.05) is 6.07 Å². The number of hydrogen-bond donors (Lipinski definition) is 2. The van der Waals surface area contributed by atoms with E-state index in [0.717, 1.165) is 0 Å².